The van der Waals surface area contributed by atoms with Crippen molar-refractivity contribution >= 4 is 5.97 Å². The van der Waals surface area contributed by atoms with Gasteiger partial charge in [-0.3, -0.25) is 4.79 Å². The Balaban J connectivity index is 1.30. The molecule has 41 heavy (non-hydrogen) atoms. The van der Waals surface area contributed by atoms with E-state index in [1.165, 1.54) is 5.56 Å². The van der Waals surface area contributed by atoms with Crippen LogP contribution in [-0.4, -0.2) is 40.5 Å². The van der Waals surface area contributed by atoms with Gasteiger partial charge in [0.2, 0.25) is 0 Å². The summed E-state index contributed by atoms with van der Waals surface area (Å²) in [5.41, 5.74) is 4.15. The van der Waals surface area contributed by atoms with Crippen LogP contribution in [0.15, 0.2) is 60.7 Å². The molecular weight excluding hydrogens is 520 g/mol. The van der Waals surface area contributed by atoms with Crippen LogP contribution in [0.25, 0.3) is 0 Å². The standard InChI is InChI=1S/C34H40O7/c1-20(2)15-22-7-9-23(10-8-22)21(3)34(35)41-31-17-25(12-14-29(31)37-5)33-27-19-39-32(26(27)18-40-33)24-11-13-28(36-4)30(16-24)38-6/h7-14,16-17,20-21,26-27,32-33H,15,18-19H2,1-6H3/t21?,26?,27?,32-,33?/m1/s1. The number of ether oxygens (including phenoxy) is 6. The van der Waals surface area contributed by atoms with Crippen molar-refractivity contribution in [3.8, 4) is 23.0 Å². The molecule has 2 aliphatic rings. The first-order valence-corrected chi connectivity index (χ1v) is 14.3. The zero-order chi connectivity index (χ0) is 29.1. The number of carbonyl (C=O) groups is 1. The maximum atomic E-state index is 13.2. The minimum atomic E-state index is -0.422. The molecule has 0 radical (unpaired) electrons. The number of methoxy groups -OCH3 is 3. The van der Waals surface area contributed by atoms with Crippen LogP contribution < -0.4 is 18.9 Å². The Bertz CT molecular complexity index is 1350. The highest BCUT2D eigenvalue weighted by Crippen LogP contribution is 2.51. The molecule has 218 valence electrons. The van der Waals surface area contributed by atoms with E-state index in [0.717, 1.165) is 23.1 Å². The lowest BCUT2D eigenvalue weighted by molar-refractivity contribution is -0.135. The number of fused-ring (bicyclic) bond motifs is 1. The lowest BCUT2D eigenvalue weighted by atomic mass is 9.85. The number of carbonyl (C=O) groups excluding carboxylic acids is 1. The Hall–Kier alpha value is -3.55. The van der Waals surface area contributed by atoms with Crippen molar-refractivity contribution in [2.75, 3.05) is 34.5 Å². The smallest absolute Gasteiger partial charge is 0.318 e. The molecule has 5 atom stereocenters. The van der Waals surface area contributed by atoms with Crippen LogP contribution in [0.5, 0.6) is 23.0 Å². The fraction of sp³-hybridized carbons (Fsp3) is 0.441. The minimum absolute atomic E-state index is 0.104. The normalized spacial score (nSPS) is 22.3. The Morgan fingerprint density at radius 3 is 1.76 bits per heavy atom. The molecule has 0 amide bonds. The van der Waals surface area contributed by atoms with Gasteiger partial charge in [-0.05, 0) is 65.8 Å². The highest BCUT2D eigenvalue weighted by Gasteiger charge is 2.48. The molecule has 5 rings (SSSR count). The molecule has 2 aliphatic heterocycles. The van der Waals surface area contributed by atoms with Crippen LogP contribution >= 0.6 is 0 Å². The average Bonchev–Trinajstić information content (AvgIpc) is 3.59. The topological polar surface area (TPSA) is 72.5 Å². The molecule has 2 saturated heterocycles. The third kappa shape index (κ3) is 6.07. The Labute approximate surface area is 242 Å². The summed E-state index contributed by atoms with van der Waals surface area (Å²) in [6.45, 7) is 7.40. The van der Waals surface area contributed by atoms with E-state index in [2.05, 4.69) is 26.0 Å². The summed E-state index contributed by atoms with van der Waals surface area (Å²) in [5.74, 6) is 2.42. The predicted octanol–water partition coefficient (Wildman–Crippen LogP) is 6.70. The average molecular weight is 561 g/mol. The lowest BCUT2D eigenvalue weighted by Crippen LogP contribution is -2.17. The minimum Gasteiger partial charge on any atom is -0.493 e. The first kappa shape index (κ1) is 29.0. The number of esters is 1. The van der Waals surface area contributed by atoms with Crippen molar-refractivity contribution in [2.24, 2.45) is 17.8 Å². The van der Waals surface area contributed by atoms with Gasteiger partial charge < -0.3 is 28.4 Å². The van der Waals surface area contributed by atoms with E-state index in [1.807, 2.05) is 55.5 Å². The Morgan fingerprint density at radius 1 is 0.732 bits per heavy atom. The number of benzene rings is 3. The number of rotatable bonds is 10. The quantitative estimate of drug-likeness (QED) is 0.202. The van der Waals surface area contributed by atoms with E-state index in [1.54, 1.807) is 21.3 Å². The van der Waals surface area contributed by atoms with Gasteiger partial charge in [0.1, 0.15) is 0 Å². The first-order chi connectivity index (χ1) is 19.8. The molecule has 3 aromatic carbocycles. The van der Waals surface area contributed by atoms with Crippen LogP contribution in [0, 0.1) is 17.8 Å². The van der Waals surface area contributed by atoms with Crippen molar-refractivity contribution in [2.45, 2.75) is 45.3 Å². The molecule has 0 spiro atoms. The zero-order valence-corrected chi connectivity index (χ0v) is 24.7. The van der Waals surface area contributed by atoms with Gasteiger partial charge in [-0.25, -0.2) is 0 Å². The molecule has 2 fully saturated rings. The fourth-order valence-corrected chi connectivity index (χ4v) is 5.96. The maximum absolute atomic E-state index is 13.2. The van der Waals surface area contributed by atoms with Gasteiger partial charge in [0.25, 0.3) is 0 Å². The largest absolute Gasteiger partial charge is 0.493 e. The second kappa shape index (κ2) is 12.5. The molecule has 0 saturated carbocycles. The SMILES string of the molecule is COc1ccc([C@H]2OCC3C(c4ccc(OC)c(OC(=O)C(C)c5ccc(CC(C)C)cc5)c4)OCC32)cc1OC. The van der Waals surface area contributed by atoms with E-state index in [9.17, 15) is 4.79 Å². The fourth-order valence-electron chi connectivity index (χ4n) is 5.96. The molecular formula is C34H40O7. The Kier molecular flexibility index (Phi) is 8.85. The molecule has 7 nitrogen and oxygen atoms in total. The number of hydrogen-bond donors (Lipinski definition) is 0. The summed E-state index contributed by atoms with van der Waals surface area (Å²) in [6.07, 6.45) is 0.724. The van der Waals surface area contributed by atoms with Gasteiger partial charge in [-0.2, -0.15) is 0 Å². The van der Waals surface area contributed by atoms with Crippen molar-refractivity contribution in [1.82, 2.24) is 0 Å². The van der Waals surface area contributed by atoms with Gasteiger partial charge in [0.15, 0.2) is 23.0 Å². The molecule has 0 aromatic heterocycles. The summed E-state index contributed by atoms with van der Waals surface area (Å²) >= 11 is 0. The van der Waals surface area contributed by atoms with E-state index >= 15 is 0 Å². The summed E-state index contributed by atoms with van der Waals surface area (Å²) < 4.78 is 35.0. The first-order valence-electron chi connectivity index (χ1n) is 14.3. The van der Waals surface area contributed by atoms with E-state index in [0.29, 0.717) is 42.1 Å². The van der Waals surface area contributed by atoms with E-state index in [4.69, 9.17) is 28.4 Å². The van der Waals surface area contributed by atoms with Crippen molar-refractivity contribution < 1.29 is 33.2 Å². The third-order valence-electron chi connectivity index (χ3n) is 8.20. The molecule has 4 unspecified atom stereocenters. The molecule has 0 aliphatic carbocycles. The molecule has 0 bridgehead atoms. The van der Waals surface area contributed by atoms with Crippen LogP contribution in [-0.2, 0) is 20.7 Å². The van der Waals surface area contributed by atoms with Gasteiger partial charge in [-0.15, -0.1) is 0 Å². The summed E-state index contributed by atoms with van der Waals surface area (Å²) in [7, 11) is 4.83. The predicted molar refractivity (Wildman–Crippen MR) is 156 cm³/mol. The van der Waals surface area contributed by atoms with Gasteiger partial charge in [0.05, 0.1) is 52.7 Å². The van der Waals surface area contributed by atoms with Crippen LogP contribution in [0.1, 0.15) is 61.2 Å². The van der Waals surface area contributed by atoms with Crippen LogP contribution in [0.2, 0.25) is 0 Å². The van der Waals surface area contributed by atoms with Gasteiger partial charge >= 0.3 is 5.97 Å². The van der Waals surface area contributed by atoms with Gasteiger partial charge in [-0.1, -0.05) is 50.2 Å². The monoisotopic (exact) mass is 560 g/mol. The van der Waals surface area contributed by atoms with Crippen molar-refractivity contribution in [3.05, 3.63) is 82.9 Å². The molecule has 3 aromatic rings. The summed E-state index contributed by atoms with van der Waals surface area (Å²) in [4.78, 5) is 13.2. The van der Waals surface area contributed by atoms with Crippen molar-refractivity contribution in [1.29, 1.82) is 0 Å². The second-order valence-electron chi connectivity index (χ2n) is 11.3. The molecule has 7 heteroatoms. The Morgan fingerprint density at radius 2 is 1.24 bits per heavy atom. The molecule has 0 N–H and O–H groups in total. The van der Waals surface area contributed by atoms with E-state index in [-0.39, 0.29) is 30.0 Å². The summed E-state index contributed by atoms with van der Waals surface area (Å²) in [5, 5.41) is 0. The van der Waals surface area contributed by atoms with Gasteiger partial charge in [0, 0.05) is 11.8 Å². The number of hydrogen-bond acceptors (Lipinski definition) is 7. The van der Waals surface area contributed by atoms with Crippen LogP contribution in [0.4, 0.5) is 0 Å². The van der Waals surface area contributed by atoms with E-state index < -0.39 is 5.92 Å². The third-order valence-corrected chi connectivity index (χ3v) is 8.20. The maximum Gasteiger partial charge on any atom is 0.318 e. The highest BCUT2D eigenvalue weighted by molar-refractivity contribution is 5.80. The molecule has 2 heterocycles. The van der Waals surface area contributed by atoms with Crippen molar-refractivity contribution in [3.63, 3.8) is 0 Å². The lowest BCUT2D eigenvalue weighted by Gasteiger charge is -2.19. The highest BCUT2D eigenvalue weighted by atomic mass is 16.6. The second-order valence-corrected chi connectivity index (χ2v) is 11.3. The summed E-state index contributed by atoms with van der Waals surface area (Å²) in [6, 6.07) is 19.8. The zero-order valence-electron chi connectivity index (χ0n) is 24.7. The van der Waals surface area contributed by atoms with Crippen LogP contribution in [0.3, 0.4) is 0 Å².